The maximum atomic E-state index is 9.54. The molecule has 0 radical (unpaired) electrons. The van der Waals surface area contributed by atoms with E-state index in [1.165, 1.54) is 13.0 Å². The highest BCUT2D eigenvalue weighted by Crippen LogP contribution is 2.17. The van der Waals surface area contributed by atoms with E-state index >= 15 is 0 Å². The van der Waals surface area contributed by atoms with Gasteiger partial charge in [-0.2, -0.15) is 0 Å². The van der Waals surface area contributed by atoms with E-state index in [0.29, 0.717) is 12.0 Å². The van der Waals surface area contributed by atoms with Crippen LogP contribution in [-0.2, 0) is 0 Å². The van der Waals surface area contributed by atoms with Gasteiger partial charge in [-0.05, 0) is 25.8 Å². The predicted molar refractivity (Wildman–Crippen MR) is 46.5 cm³/mol. The Morgan fingerprint density at radius 1 is 1.55 bits per heavy atom. The topological polar surface area (TPSA) is 23.5 Å². The molecule has 0 aliphatic carbocycles. The zero-order valence-corrected chi connectivity index (χ0v) is 7.75. The fourth-order valence-electron chi connectivity index (χ4n) is 1.29. The highest BCUT2D eigenvalue weighted by molar-refractivity contribution is 4.81. The molecule has 0 amide bonds. The van der Waals surface area contributed by atoms with Gasteiger partial charge in [-0.15, -0.1) is 0 Å². The second-order valence-corrected chi connectivity index (χ2v) is 3.94. The maximum Gasteiger partial charge on any atom is 0.0690 e. The van der Waals surface area contributed by atoms with Crippen molar-refractivity contribution < 1.29 is 5.11 Å². The van der Waals surface area contributed by atoms with Crippen LogP contribution in [0, 0.1) is 5.92 Å². The van der Waals surface area contributed by atoms with Gasteiger partial charge in [0.15, 0.2) is 0 Å². The summed E-state index contributed by atoms with van der Waals surface area (Å²) >= 11 is 0. The van der Waals surface area contributed by atoms with Crippen LogP contribution in [0.1, 0.15) is 27.2 Å². The summed E-state index contributed by atoms with van der Waals surface area (Å²) < 4.78 is 0. The van der Waals surface area contributed by atoms with Crippen molar-refractivity contribution in [1.82, 2.24) is 4.90 Å². The largest absolute Gasteiger partial charge is 0.392 e. The van der Waals surface area contributed by atoms with Crippen molar-refractivity contribution in [2.75, 3.05) is 13.1 Å². The standard InChI is InChI=1S/C9H19NO/c1-7(2)9(11)6-10-5-4-8(10)3/h7-9,11H,4-6H2,1-3H3. The van der Waals surface area contributed by atoms with Crippen molar-refractivity contribution in [3.05, 3.63) is 0 Å². The SMILES string of the molecule is CC(C)C(O)CN1CCC1C. The Balaban J connectivity index is 2.19. The molecule has 0 spiro atoms. The smallest absolute Gasteiger partial charge is 0.0690 e. The minimum Gasteiger partial charge on any atom is -0.392 e. The molecule has 0 bridgehead atoms. The molecule has 1 saturated heterocycles. The summed E-state index contributed by atoms with van der Waals surface area (Å²) in [6.07, 6.45) is 1.16. The third kappa shape index (κ3) is 2.17. The molecule has 1 heterocycles. The quantitative estimate of drug-likeness (QED) is 0.663. The average molecular weight is 157 g/mol. The molecule has 0 aromatic heterocycles. The molecule has 2 nitrogen and oxygen atoms in total. The van der Waals surface area contributed by atoms with Gasteiger partial charge in [-0.1, -0.05) is 13.8 Å². The summed E-state index contributed by atoms with van der Waals surface area (Å²) in [4.78, 5) is 2.34. The molecule has 1 aliphatic rings. The van der Waals surface area contributed by atoms with Crippen molar-refractivity contribution in [2.45, 2.75) is 39.3 Å². The van der Waals surface area contributed by atoms with Crippen LogP contribution in [0.15, 0.2) is 0 Å². The predicted octanol–water partition coefficient (Wildman–Crippen LogP) is 1.10. The Labute approximate surface area is 69.2 Å². The minimum absolute atomic E-state index is 0.141. The molecule has 1 aliphatic heterocycles. The zero-order chi connectivity index (χ0) is 8.43. The van der Waals surface area contributed by atoms with Crippen LogP contribution < -0.4 is 0 Å². The molecular weight excluding hydrogens is 138 g/mol. The second-order valence-electron chi connectivity index (χ2n) is 3.94. The van der Waals surface area contributed by atoms with Crippen LogP contribution in [-0.4, -0.2) is 35.2 Å². The van der Waals surface area contributed by atoms with Gasteiger partial charge in [0.2, 0.25) is 0 Å². The van der Waals surface area contributed by atoms with Crippen LogP contribution in [0.2, 0.25) is 0 Å². The number of rotatable bonds is 3. The second kappa shape index (κ2) is 3.55. The van der Waals surface area contributed by atoms with Crippen molar-refractivity contribution in [3.8, 4) is 0 Å². The summed E-state index contributed by atoms with van der Waals surface area (Å²) in [5, 5.41) is 9.54. The van der Waals surface area contributed by atoms with Crippen LogP contribution >= 0.6 is 0 Å². The number of hydrogen-bond donors (Lipinski definition) is 1. The van der Waals surface area contributed by atoms with Crippen molar-refractivity contribution in [3.63, 3.8) is 0 Å². The Morgan fingerprint density at radius 2 is 2.18 bits per heavy atom. The number of β-amino-alcohol motifs (C(OH)–C–C–N with tert-alkyl or cyclic N) is 1. The zero-order valence-electron chi connectivity index (χ0n) is 7.75. The average Bonchev–Trinajstić information content (AvgIpc) is 1.96. The Bertz CT molecular complexity index is 120. The van der Waals surface area contributed by atoms with Crippen molar-refractivity contribution in [1.29, 1.82) is 0 Å². The lowest BCUT2D eigenvalue weighted by Crippen LogP contribution is -2.49. The lowest BCUT2D eigenvalue weighted by Gasteiger charge is -2.40. The van der Waals surface area contributed by atoms with Crippen LogP contribution in [0.3, 0.4) is 0 Å². The molecule has 66 valence electrons. The Hall–Kier alpha value is -0.0800. The van der Waals surface area contributed by atoms with Gasteiger partial charge in [0.1, 0.15) is 0 Å². The summed E-state index contributed by atoms with van der Waals surface area (Å²) in [5.41, 5.74) is 0. The first-order valence-corrected chi connectivity index (χ1v) is 4.53. The maximum absolute atomic E-state index is 9.54. The molecule has 0 aromatic carbocycles. The van der Waals surface area contributed by atoms with Crippen LogP contribution in [0.4, 0.5) is 0 Å². The summed E-state index contributed by atoms with van der Waals surface area (Å²) in [5.74, 6) is 0.391. The molecule has 0 saturated carbocycles. The fraction of sp³-hybridized carbons (Fsp3) is 1.00. The molecule has 1 fully saturated rings. The summed E-state index contributed by atoms with van der Waals surface area (Å²) in [7, 11) is 0. The van der Waals surface area contributed by atoms with E-state index < -0.39 is 0 Å². The van der Waals surface area contributed by atoms with Gasteiger partial charge in [0, 0.05) is 12.6 Å². The number of nitrogens with zero attached hydrogens (tertiary/aromatic N) is 1. The van der Waals surface area contributed by atoms with E-state index in [9.17, 15) is 5.11 Å². The van der Waals surface area contributed by atoms with E-state index in [1.807, 2.05) is 0 Å². The fourth-order valence-corrected chi connectivity index (χ4v) is 1.29. The van der Waals surface area contributed by atoms with Crippen molar-refractivity contribution >= 4 is 0 Å². The van der Waals surface area contributed by atoms with Gasteiger partial charge in [0.25, 0.3) is 0 Å². The highest BCUT2D eigenvalue weighted by atomic mass is 16.3. The third-order valence-electron chi connectivity index (χ3n) is 2.65. The number of likely N-dealkylation sites (tertiary alicyclic amines) is 1. The molecule has 2 unspecified atom stereocenters. The van der Waals surface area contributed by atoms with E-state index in [4.69, 9.17) is 0 Å². The number of hydrogen-bond acceptors (Lipinski definition) is 2. The highest BCUT2D eigenvalue weighted by Gasteiger charge is 2.25. The molecule has 2 heteroatoms. The monoisotopic (exact) mass is 157 g/mol. The van der Waals surface area contributed by atoms with E-state index in [-0.39, 0.29) is 6.10 Å². The van der Waals surface area contributed by atoms with Crippen LogP contribution in [0.5, 0.6) is 0 Å². The van der Waals surface area contributed by atoms with Gasteiger partial charge in [0.05, 0.1) is 6.10 Å². The normalized spacial score (nSPS) is 28.6. The number of aliphatic hydroxyl groups excluding tert-OH is 1. The van der Waals surface area contributed by atoms with Gasteiger partial charge in [-0.3, -0.25) is 4.90 Å². The molecule has 2 atom stereocenters. The van der Waals surface area contributed by atoms with Gasteiger partial charge >= 0.3 is 0 Å². The lowest BCUT2D eigenvalue weighted by molar-refractivity contribution is 0.0199. The summed E-state index contributed by atoms with van der Waals surface area (Å²) in [6, 6.07) is 0.698. The third-order valence-corrected chi connectivity index (χ3v) is 2.65. The first-order valence-electron chi connectivity index (χ1n) is 4.53. The van der Waals surface area contributed by atoms with Gasteiger partial charge < -0.3 is 5.11 Å². The van der Waals surface area contributed by atoms with E-state index in [1.54, 1.807) is 0 Å². The first kappa shape index (κ1) is 9.01. The van der Waals surface area contributed by atoms with E-state index in [2.05, 4.69) is 25.7 Å². The Kier molecular flexibility index (Phi) is 2.90. The molecule has 1 rings (SSSR count). The Morgan fingerprint density at radius 3 is 2.45 bits per heavy atom. The molecule has 1 N–H and O–H groups in total. The number of aliphatic hydroxyl groups is 1. The first-order chi connectivity index (χ1) is 5.11. The lowest BCUT2D eigenvalue weighted by atomic mass is 10.0. The van der Waals surface area contributed by atoms with E-state index in [0.717, 1.165) is 6.54 Å². The van der Waals surface area contributed by atoms with Gasteiger partial charge in [-0.25, -0.2) is 0 Å². The molecule has 11 heavy (non-hydrogen) atoms. The van der Waals surface area contributed by atoms with Crippen LogP contribution in [0.25, 0.3) is 0 Å². The molecule has 0 aromatic rings. The molecular formula is C9H19NO. The minimum atomic E-state index is -0.141. The van der Waals surface area contributed by atoms with Crippen molar-refractivity contribution in [2.24, 2.45) is 5.92 Å². The summed E-state index contributed by atoms with van der Waals surface area (Å²) in [6.45, 7) is 8.38.